The molecule has 5 nitrogen and oxygen atoms in total. The van der Waals surface area contributed by atoms with Gasteiger partial charge in [0.25, 0.3) is 0 Å². The van der Waals surface area contributed by atoms with E-state index in [4.69, 9.17) is 14.6 Å². The van der Waals surface area contributed by atoms with Crippen molar-refractivity contribution in [3.63, 3.8) is 0 Å². The van der Waals surface area contributed by atoms with Crippen molar-refractivity contribution in [3.8, 4) is 22.6 Å². The highest BCUT2D eigenvalue weighted by Gasteiger charge is 2.33. The molecule has 0 radical (unpaired) electrons. The lowest BCUT2D eigenvalue weighted by molar-refractivity contribution is -0.0496. The molecule has 1 heterocycles. The Morgan fingerprint density at radius 3 is 2.55 bits per heavy atom. The van der Waals surface area contributed by atoms with Crippen LogP contribution >= 0.6 is 0 Å². The summed E-state index contributed by atoms with van der Waals surface area (Å²) in [6.07, 6.45) is -0.791. The Hall–Kier alpha value is -3.04. The number of rotatable bonds is 5. The Balaban J connectivity index is 1.98. The molecular formula is C22H18F3NO4S. The maximum Gasteiger partial charge on any atom is 0.387 e. The van der Waals surface area contributed by atoms with Crippen molar-refractivity contribution in [3.05, 3.63) is 82.7 Å². The lowest BCUT2D eigenvalue weighted by Gasteiger charge is -2.32. The van der Waals surface area contributed by atoms with Crippen molar-refractivity contribution in [1.29, 1.82) is 0 Å². The number of sulfonamides is 1. The van der Waals surface area contributed by atoms with E-state index in [0.29, 0.717) is 39.1 Å². The van der Waals surface area contributed by atoms with Crippen LogP contribution in [-0.2, 0) is 15.8 Å². The van der Waals surface area contributed by atoms with E-state index < -0.39 is 34.3 Å². The van der Waals surface area contributed by atoms with Crippen LogP contribution < -0.4 is 14.6 Å². The average Bonchev–Trinajstić information content (AvgIpc) is 2.68. The molecule has 0 fully saturated rings. The molecule has 4 rings (SSSR count). The summed E-state index contributed by atoms with van der Waals surface area (Å²) in [5.74, 6) is -0.672. The second kappa shape index (κ2) is 7.90. The van der Waals surface area contributed by atoms with Crippen LogP contribution in [-0.4, -0.2) is 15.0 Å². The molecule has 0 amide bonds. The van der Waals surface area contributed by atoms with Crippen molar-refractivity contribution >= 4 is 10.0 Å². The first-order valence-corrected chi connectivity index (χ1v) is 11.0. The van der Waals surface area contributed by atoms with E-state index in [0.717, 1.165) is 0 Å². The van der Waals surface area contributed by atoms with Gasteiger partial charge in [0.05, 0.1) is 11.3 Å². The van der Waals surface area contributed by atoms with Crippen LogP contribution in [0.25, 0.3) is 11.1 Å². The molecule has 0 aliphatic carbocycles. The van der Waals surface area contributed by atoms with Gasteiger partial charge in [-0.2, -0.15) is 8.78 Å². The molecule has 3 aromatic rings. The van der Waals surface area contributed by atoms with E-state index in [1.165, 1.54) is 30.3 Å². The predicted octanol–water partition coefficient (Wildman–Crippen LogP) is 4.67. The standard InChI is InChI=1S/C22H18F3NO4S/c1-12-14(11-31(26,27)28)8-9-16-19(12)21(13-4-2-5-15(23)10-13)29-17-6-3-7-18(20(16)17)30-22(24)25/h2-10,21-22H,11H2,1H3,(H2,26,27,28). The number of benzene rings is 3. The first-order valence-electron chi connectivity index (χ1n) is 9.27. The van der Waals surface area contributed by atoms with E-state index >= 15 is 0 Å². The summed E-state index contributed by atoms with van der Waals surface area (Å²) >= 11 is 0. The van der Waals surface area contributed by atoms with E-state index in [1.807, 2.05) is 0 Å². The fourth-order valence-corrected chi connectivity index (χ4v) is 4.61. The molecule has 0 spiro atoms. The third kappa shape index (κ3) is 4.24. The lowest BCUT2D eigenvalue weighted by Crippen LogP contribution is -2.20. The molecule has 0 saturated carbocycles. The second-order valence-electron chi connectivity index (χ2n) is 7.18. The predicted molar refractivity (Wildman–Crippen MR) is 109 cm³/mol. The summed E-state index contributed by atoms with van der Waals surface area (Å²) in [6.45, 7) is -1.35. The van der Waals surface area contributed by atoms with Crippen LogP contribution in [0.4, 0.5) is 13.2 Å². The maximum absolute atomic E-state index is 13.9. The summed E-state index contributed by atoms with van der Waals surface area (Å²) in [5.41, 5.74) is 2.85. The highest BCUT2D eigenvalue weighted by Crippen LogP contribution is 2.50. The smallest absolute Gasteiger partial charge is 0.387 e. The summed E-state index contributed by atoms with van der Waals surface area (Å²) in [7, 11) is -3.82. The molecule has 0 saturated heterocycles. The normalized spacial score (nSPS) is 15.2. The zero-order valence-electron chi connectivity index (χ0n) is 16.3. The van der Waals surface area contributed by atoms with Crippen molar-refractivity contribution in [2.45, 2.75) is 25.4 Å². The summed E-state index contributed by atoms with van der Waals surface area (Å²) < 4.78 is 74.1. The Kier molecular flexibility index (Phi) is 5.40. The minimum absolute atomic E-state index is 0.0787. The molecule has 3 aromatic carbocycles. The lowest BCUT2D eigenvalue weighted by atomic mass is 9.84. The van der Waals surface area contributed by atoms with Gasteiger partial charge in [0.1, 0.15) is 23.4 Å². The van der Waals surface area contributed by atoms with Crippen LogP contribution in [0.2, 0.25) is 0 Å². The van der Waals surface area contributed by atoms with Crippen LogP contribution in [0.15, 0.2) is 54.6 Å². The molecule has 0 aromatic heterocycles. The number of ether oxygens (including phenoxy) is 2. The third-order valence-corrected chi connectivity index (χ3v) is 5.83. The number of hydrogen-bond acceptors (Lipinski definition) is 4. The van der Waals surface area contributed by atoms with Crippen LogP contribution in [0, 0.1) is 12.7 Å². The first-order chi connectivity index (χ1) is 14.6. The first kappa shape index (κ1) is 21.2. The molecule has 31 heavy (non-hydrogen) atoms. The number of nitrogens with two attached hydrogens (primary N) is 1. The van der Waals surface area contributed by atoms with Gasteiger partial charge >= 0.3 is 6.61 Å². The van der Waals surface area contributed by atoms with Gasteiger partial charge in [-0.1, -0.05) is 30.3 Å². The monoisotopic (exact) mass is 449 g/mol. The minimum Gasteiger partial charge on any atom is -0.480 e. The zero-order chi connectivity index (χ0) is 22.3. The van der Waals surface area contributed by atoms with Gasteiger partial charge in [-0.25, -0.2) is 17.9 Å². The van der Waals surface area contributed by atoms with Crippen molar-refractivity contribution in [2.75, 3.05) is 0 Å². The Morgan fingerprint density at radius 1 is 1.13 bits per heavy atom. The number of fused-ring (bicyclic) bond motifs is 3. The number of halogens is 3. The second-order valence-corrected chi connectivity index (χ2v) is 8.79. The molecular weight excluding hydrogens is 431 g/mol. The summed E-state index contributed by atoms with van der Waals surface area (Å²) in [4.78, 5) is 0. The molecule has 1 atom stereocenters. The number of hydrogen-bond donors (Lipinski definition) is 1. The number of alkyl halides is 2. The molecule has 1 unspecified atom stereocenters. The van der Waals surface area contributed by atoms with E-state index in [9.17, 15) is 21.6 Å². The van der Waals surface area contributed by atoms with Crippen molar-refractivity contribution in [2.24, 2.45) is 5.14 Å². The Morgan fingerprint density at radius 2 is 1.87 bits per heavy atom. The molecule has 1 aliphatic rings. The van der Waals surface area contributed by atoms with Gasteiger partial charge in [-0.05, 0) is 53.4 Å². The van der Waals surface area contributed by atoms with Gasteiger partial charge in [0.2, 0.25) is 10.0 Å². The van der Waals surface area contributed by atoms with Gasteiger partial charge in [-0.15, -0.1) is 0 Å². The highest BCUT2D eigenvalue weighted by atomic mass is 32.2. The average molecular weight is 449 g/mol. The number of primary sulfonamides is 1. The SMILES string of the molecule is Cc1c(CS(N)(=O)=O)ccc2c1C(c1cccc(F)c1)Oc1cccc(OC(F)F)c1-2. The summed E-state index contributed by atoms with van der Waals surface area (Å²) in [6, 6.07) is 13.5. The largest absolute Gasteiger partial charge is 0.480 e. The van der Waals surface area contributed by atoms with Gasteiger partial charge < -0.3 is 9.47 Å². The van der Waals surface area contributed by atoms with E-state index in [-0.39, 0.29) is 5.75 Å². The van der Waals surface area contributed by atoms with E-state index in [2.05, 4.69) is 0 Å². The van der Waals surface area contributed by atoms with Gasteiger partial charge in [0, 0.05) is 5.56 Å². The quantitative estimate of drug-likeness (QED) is 0.614. The molecule has 0 bridgehead atoms. The minimum atomic E-state index is -3.82. The highest BCUT2D eigenvalue weighted by molar-refractivity contribution is 7.88. The Labute approximate surface area is 177 Å². The van der Waals surface area contributed by atoms with E-state index in [1.54, 1.807) is 31.2 Å². The molecule has 162 valence electrons. The van der Waals surface area contributed by atoms with Crippen LogP contribution in [0.5, 0.6) is 11.5 Å². The Bertz CT molecular complexity index is 1260. The fourth-order valence-electron chi connectivity index (χ4n) is 3.86. The van der Waals surface area contributed by atoms with Gasteiger partial charge in [0.15, 0.2) is 0 Å². The zero-order valence-corrected chi connectivity index (χ0v) is 17.1. The van der Waals surface area contributed by atoms with Crippen molar-refractivity contribution < 1.29 is 31.1 Å². The molecule has 2 N–H and O–H groups in total. The molecule has 1 aliphatic heterocycles. The molecule has 9 heteroatoms. The fraction of sp³-hybridized carbons (Fsp3) is 0.182. The van der Waals surface area contributed by atoms with Crippen LogP contribution in [0.1, 0.15) is 28.4 Å². The van der Waals surface area contributed by atoms with Gasteiger partial charge in [-0.3, -0.25) is 0 Å². The third-order valence-electron chi connectivity index (χ3n) is 5.12. The topological polar surface area (TPSA) is 78.6 Å². The summed E-state index contributed by atoms with van der Waals surface area (Å²) in [5, 5.41) is 5.22. The maximum atomic E-state index is 13.9. The van der Waals surface area contributed by atoms with Crippen molar-refractivity contribution in [1.82, 2.24) is 0 Å². The van der Waals surface area contributed by atoms with Crippen LogP contribution in [0.3, 0.4) is 0 Å².